The van der Waals surface area contributed by atoms with Crippen molar-refractivity contribution in [2.24, 2.45) is 22.7 Å². The highest BCUT2D eigenvalue weighted by molar-refractivity contribution is 5.90. The van der Waals surface area contributed by atoms with Crippen LogP contribution in [0.5, 0.6) is 0 Å². The minimum absolute atomic E-state index is 0.0691. The number of nitrogens with zero attached hydrogens (tertiary/aromatic N) is 2. The Labute approximate surface area is 131 Å². The third kappa shape index (κ3) is 4.08. The second-order valence-electron chi connectivity index (χ2n) is 5.74. The van der Waals surface area contributed by atoms with Crippen molar-refractivity contribution in [3.63, 3.8) is 0 Å². The van der Waals surface area contributed by atoms with E-state index in [4.69, 9.17) is 11.7 Å². The summed E-state index contributed by atoms with van der Waals surface area (Å²) in [5, 5.41) is 8.24. The molecule has 0 aliphatic heterocycles. The second-order valence-corrected chi connectivity index (χ2v) is 5.74. The molecule has 2 rings (SSSR count). The van der Waals surface area contributed by atoms with E-state index in [-0.39, 0.29) is 6.04 Å². The van der Waals surface area contributed by atoms with Crippen LogP contribution in [0.2, 0.25) is 0 Å². The lowest BCUT2D eigenvalue weighted by molar-refractivity contribution is 0.546. The molecule has 0 fully saturated rings. The maximum atomic E-state index is 5.52. The number of hydrazone groups is 1. The van der Waals surface area contributed by atoms with Gasteiger partial charge in [-0.2, -0.15) is 5.10 Å². The van der Waals surface area contributed by atoms with E-state index in [2.05, 4.69) is 40.7 Å². The van der Waals surface area contributed by atoms with Crippen molar-refractivity contribution in [3.05, 3.63) is 36.5 Å². The first-order valence-electron chi connectivity index (χ1n) is 7.49. The molecular weight excluding hydrogens is 276 g/mol. The smallest absolute Gasteiger partial charge is 0.158 e. The molecule has 22 heavy (non-hydrogen) atoms. The molecule has 0 bridgehead atoms. The molecular formula is C16H24N6. The van der Waals surface area contributed by atoms with Crippen LogP contribution in [0.4, 0.5) is 5.69 Å². The number of nitrogens with two attached hydrogens (primary N) is 2. The Bertz CT molecular complexity index is 637. The number of benzene rings is 1. The fourth-order valence-electron chi connectivity index (χ4n) is 2.36. The van der Waals surface area contributed by atoms with Crippen LogP contribution in [0, 0.1) is 5.92 Å². The molecule has 0 saturated carbocycles. The zero-order valence-electron chi connectivity index (χ0n) is 13.1. The van der Waals surface area contributed by atoms with E-state index in [9.17, 15) is 0 Å². The molecule has 0 aliphatic rings. The molecule has 0 amide bonds. The monoisotopic (exact) mass is 300 g/mol. The first kappa shape index (κ1) is 16.0. The third-order valence-electron chi connectivity index (χ3n) is 3.58. The van der Waals surface area contributed by atoms with Crippen molar-refractivity contribution in [3.8, 4) is 0 Å². The summed E-state index contributed by atoms with van der Waals surface area (Å²) in [4.78, 5) is 4.46. The Morgan fingerprint density at radius 2 is 2.05 bits per heavy atom. The maximum absolute atomic E-state index is 5.52. The van der Waals surface area contributed by atoms with Gasteiger partial charge in [0.1, 0.15) is 0 Å². The number of para-hydroxylation sites is 1. The van der Waals surface area contributed by atoms with Gasteiger partial charge in [-0.3, -0.25) is 4.98 Å². The van der Waals surface area contributed by atoms with Gasteiger partial charge in [0.15, 0.2) is 5.84 Å². The number of nitrogens with one attached hydrogen (secondary N) is 2. The average Bonchev–Trinajstić information content (AvgIpc) is 2.53. The Hall–Kier alpha value is -2.34. The first-order chi connectivity index (χ1) is 10.6. The van der Waals surface area contributed by atoms with E-state index in [1.807, 2.05) is 30.5 Å². The van der Waals surface area contributed by atoms with Crippen LogP contribution < -0.4 is 22.4 Å². The van der Waals surface area contributed by atoms with E-state index < -0.39 is 0 Å². The minimum Gasteiger partial charge on any atom is -0.374 e. The van der Waals surface area contributed by atoms with Gasteiger partial charge in [-0.05, 0) is 30.9 Å². The van der Waals surface area contributed by atoms with Crippen LogP contribution in [0.1, 0.15) is 26.7 Å². The Balaban J connectivity index is 2.19. The fourth-order valence-corrected chi connectivity index (χ4v) is 2.36. The quantitative estimate of drug-likeness (QED) is 0.283. The largest absolute Gasteiger partial charge is 0.374 e. The van der Waals surface area contributed by atoms with Crippen LogP contribution in [0.3, 0.4) is 0 Å². The predicted molar refractivity (Wildman–Crippen MR) is 92.2 cm³/mol. The summed E-state index contributed by atoms with van der Waals surface area (Å²) in [6.45, 7) is 4.37. The highest BCUT2D eigenvalue weighted by Gasteiger charge is 2.16. The average molecular weight is 300 g/mol. The SMILES string of the molecule is CC(C)CCC(Nc1cnc2ccccc2c1)/C(=N/N)NN. The van der Waals surface area contributed by atoms with Gasteiger partial charge < -0.3 is 16.6 Å². The van der Waals surface area contributed by atoms with Gasteiger partial charge in [0, 0.05) is 5.39 Å². The number of amidine groups is 1. The molecule has 0 spiro atoms. The van der Waals surface area contributed by atoms with Crippen molar-refractivity contribution >= 4 is 22.4 Å². The van der Waals surface area contributed by atoms with Gasteiger partial charge in [0.05, 0.1) is 23.4 Å². The summed E-state index contributed by atoms with van der Waals surface area (Å²) in [6, 6.07) is 10.00. The van der Waals surface area contributed by atoms with Crippen LogP contribution in [-0.4, -0.2) is 16.9 Å². The van der Waals surface area contributed by atoms with Crippen LogP contribution >= 0.6 is 0 Å². The van der Waals surface area contributed by atoms with E-state index in [0.29, 0.717) is 11.8 Å². The number of hydrazine groups is 1. The topological polar surface area (TPSA) is 101 Å². The summed E-state index contributed by atoms with van der Waals surface area (Å²) in [6.07, 6.45) is 3.74. The van der Waals surface area contributed by atoms with E-state index in [1.54, 1.807) is 0 Å². The summed E-state index contributed by atoms with van der Waals surface area (Å²) in [5.74, 6) is 12.1. The molecule has 1 unspecified atom stereocenters. The number of pyridine rings is 1. The van der Waals surface area contributed by atoms with Gasteiger partial charge >= 0.3 is 0 Å². The lowest BCUT2D eigenvalue weighted by Gasteiger charge is -2.21. The van der Waals surface area contributed by atoms with Gasteiger partial charge in [-0.25, -0.2) is 5.84 Å². The molecule has 1 aromatic carbocycles. The van der Waals surface area contributed by atoms with Crippen molar-refractivity contribution < 1.29 is 0 Å². The number of anilines is 1. The van der Waals surface area contributed by atoms with E-state index in [0.717, 1.165) is 29.4 Å². The lowest BCUT2D eigenvalue weighted by Crippen LogP contribution is -2.44. The summed E-state index contributed by atoms with van der Waals surface area (Å²) in [7, 11) is 0. The first-order valence-corrected chi connectivity index (χ1v) is 7.49. The molecule has 6 heteroatoms. The number of hydrogen-bond acceptors (Lipinski definition) is 5. The zero-order valence-corrected chi connectivity index (χ0v) is 13.1. The van der Waals surface area contributed by atoms with E-state index >= 15 is 0 Å². The maximum Gasteiger partial charge on any atom is 0.158 e. The molecule has 2 aromatic rings. The fraction of sp³-hybridized carbons (Fsp3) is 0.375. The number of hydrogen-bond donors (Lipinski definition) is 4. The van der Waals surface area contributed by atoms with Crippen LogP contribution in [0.15, 0.2) is 41.6 Å². The van der Waals surface area contributed by atoms with Crippen molar-refractivity contribution in [2.45, 2.75) is 32.7 Å². The van der Waals surface area contributed by atoms with Crippen molar-refractivity contribution in [1.82, 2.24) is 10.4 Å². The highest BCUT2D eigenvalue weighted by atomic mass is 15.3. The normalized spacial score (nSPS) is 13.4. The molecule has 0 saturated heterocycles. The lowest BCUT2D eigenvalue weighted by atomic mass is 10.0. The minimum atomic E-state index is -0.0691. The standard InChI is InChI=1S/C16H24N6/c1-11(2)7-8-15(16(21-17)22-18)20-13-9-12-5-3-4-6-14(12)19-10-13/h3-6,9-11,15,20H,7-8,17-18H2,1-2H3,(H,21,22). The molecule has 118 valence electrons. The van der Waals surface area contributed by atoms with Crippen LogP contribution in [-0.2, 0) is 0 Å². The molecule has 0 radical (unpaired) electrons. The van der Waals surface area contributed by atoms with Gasteiger partial charge in [-0.15, -0.1) is 0 Å². The zero-order chi connectivity index (χ0) is 15.9. The number of fused-ring (bicyclic) bond motifs is 1. The number of rotatable bonds is 6. The van der Waals surface area contributed by atoms with Crippen molar-refractivity contribution in [1.29, 1.82) is 0 Å². The molecule has 1 atom stereocenters. The summed E-state index contributed by atoms with van der Waals surface area (Å²) >= 11 is 0. The predicted octanol–water partition coefficient (Wildman–Crippen LogP) is 2.19. The summed E-state index contributed by atoms with van der Waals surface area (Å²) in [5.41, 5.74) is 4.46. The molecule has 1 aromatic heterocycles. The van der Waals surface area contributed by atoms with Gasteiger partial charge in [0.2, 0.25) is 0 Å². The number of aromatic nitrogens is 1. The van der Waals surface area contributed by atoms with Crippen LogP contribution in [0.25, 0.3) is 10.9 Å². The summed E-state index contributed by atoms with van der Waals surface area (Å²) < 4.78 is 0. The Morgan fingerprint density at radius 1 is 1.27 bits per heavy atom. The Morgan fingerprint density at radius 3 is 2.73 bits per heavy atom. The molecule has 6 N–H and O–H groups in total. The van der Waals surface area contributed by atoms with Gasteiger partial charge in [-0.1, -0.05) is 32.0 Å². The van der Waals surface area contributed by atoms with E-state index in [1.165, 1.54) is 0 Å². The Kier molecular flexibility index (Phi) is 5.55. The molecule has 6 nitrogen and oxygen atoms in total. The third-order valence-corrected chi connectivity index (χ3v) is 3.58. The van der Waals surface area contributed by atoms with Gasteiger partial charge in [0.25, 0.3) is 0 Å². The second kappa shape index (κ2) is 7.61. The molecule has 1 heterocycles. The van der Waals surface area contributed by atoms with Crippen molar-refractivity contribution in [2.75, 3.05) is 5.32 Å². The highest BCUT2D eigenvalue weighted by Crippen LogP contribution is 2.18. The molecule has 0 aliphatic carbocycles.